The topological polar surface area (TPSA) is 41.1 Å². The monoisotopic (exact) mass is 266 g/mol. The SMILES string of the molecule is C#C.CNc1ccc(NC(=O)c2ccccc2)cc1C. The third-order valence-corrected chi connectivity index (χ3v) is 2.79. The zero-order chi connectivity index (χ0) is 15.0. The lowest BCUT2D eigenvalue weighted by Gasteiger charge is -2.09. The number of carbonyl (C=O) groups excluding carboxylic acids is 1. The molecule has 2 aromatic rings. The minimum Gasteiger partial charge on any atom is -0.388 e. The van der Waals surface area contributed by atoms with Crippen LogP contribution in [0.4, 0.5) is 11.4 Å². The average Bonchev–Trinajstić information content (AvgIpc) is 2.50. The van der Waals surface area contributed by atoms with Gasteiger partial charge >= 0.3 is 0 Å². The number of rotatable bonds is 3. The molecule has 0 saturated heterocycles. The lowest BCUT2D eigenvalue weighted by molar-refractivity contribution is 0.102. The van der Waals surface area contributed by atoms with Crippen molar-refractivity contribution < 1.29 is 4.79 Å². The van der Waals surface area contributed by atoms with Crippen LogP contribution >= 0.6 is 0 Å². The minimum absolute atomic E-state index is 0.0905. The van der Waals surface area contributed by atoms with Gasteiger partial charge in [0.25, 0.3) is 5.91 Å². The van der Waals surface area contributed by atoms with E-state index in [1.165, 1.54) is 0 Å². The smallest absolute Gasteiger partial charge is 0.255 e. The highest BCUT2D eigenvalue weighted by Gasteiger charge is 2.05. The second-order valence-corrected chi connectivity index (χ2v) is 4.10. The van der Waals surface area contributed by atoms with E-state index in [9.17, 15) is 4.79 Å². The van der Waals surface area contributed by atoms with Crippen LogP contribution in [0.15, 0.2) is 48.5 Å². The number of hydrogen-bond donors (Lipinski definition) is 2. The zero-order valence-electron chi connectivity index (χ0n) is 11.7. The molecule has 0 radical (unpaired) electrons. The second-order valence-electron chi connectivity index (χ2n) is 4.10. The van der Waals surface area contributed by atoms with Gasteiger partial charge in [-0.15, -0.1) is 12.8 Å². The highest BCUT2D eigenvalue weighted by molar-refractivity contribution is 6.04. The third kappa shape index (κ3) is 3.89. The van der Waals surface area contributed by atoms with Crippen LogP contribution < -0.4 is 10.6 Å². The summed E-state index contributed by atoms with van der Waals surface area (Å²) >= 11 is 0. The van der Waals surface area contributed by atoms with Crippen LogP contribution in [-0.4, -0.2) is 13.0 Å². The van der Waals surface area contributed by atoms with Crippen molar-refractivity contribution in [3.05, 3.63) is 59.7 Å². The zero-order valence-corrected chi connectivity index (χ0v) is 11.7. The molecule has 2 rings (SSSR count). The van der Waals surface area contributed by atoms with Gasteiger partial charge in [0.2, 0.25) is 0 Å². The molecule has 3 heteroatoms. The Kier molecular flexibility index (Phi) is 5.86. The molecule has 0 heterocycles. The number of nitrogens with one attached hydrogen (secondary N) is 2. The first-order valence-electron chi connectivity index (χ1n) is 6.19. The first-order chi connectivity index (χ1) is 9.70. The Labute approximate surface area is 120 Å². The van der Waals surface area contributed by atoms with Crippen molar-refractivity contribution in [2.24, 2.45) is 0 Å². The fraction of sp³-hybridized carbons (Fsp3) is 0.118. The predicted molar refractivity (Wildman–Crippen MR) is 85.0 cm³/mol. The molecule has 20 heavy (non-hydrogen) atoms. The summed E-state index contributed by atoms with van der Waals surface area (Å²) in [6, 6.07) is 15.0. The third-order valence-electron chi connectivity index (χ3n) is 2.79. The van der Waals surface area contributed by atoms with Crippen molar-refractivity contribution in [1.29, 1.82) is 0 Å². The molecule has 3 nitrogen and oxygen atoms in total. The van der Waals surface area contributed by atoms with Crippen LogP contribution in [0, 0.1) is 19.8 Å². The molecule has 0 atom stereocenters. The van der Waals surface area contributed by atoms with Gasteiger partial charge in [0.15, 0.2) is 0 Å². The predicted octanol–water partition coefficient (Wildman–Crippen LogP) is 3.54. The van der Waals surface area contributed by atoms with Crippen LogP contribution in [0.25, 0.3) is 0 Å². The summed E-state index contributed by atoms with van der Waals surface area (Å²) in [6.45, 7) is 2.00. The van der Waals surface area contributed by atoms with Gasteiger partial charge in [-0.05, 0) is 42.8 Å². The maximum atomic E-state index is 12.0. The van der Waals surface area contributed by atoms with E-state index in [0.717, 1.165) is 16.9 Å². The fourth-order valence-electron chi connectivity index (χ4n) is 1.81. The summed E-state index contributed by atoms with van der Waals surface area (Å²) in [5, 5.41) is 5.98. The van der Waals surface area contributed by atoms with E-state index in [2.05, 4.69) is 23.5 Å². The second kappa shape index (κ2) is 7.65. The molecule has 0 fully saturated rings. The Morgan fingerprint density at radius 1 is 1.05 bits per heavy atom. The molecule has 0 bridgehead atoms. The standard InChI is InChI=1S/C15H16N2O.C2H2/c1-11-10-13(8-9-14(11)16-2)17-15(18)12-6-4-3-5-7-12;1-2/h3-10,16H,1-2H3,(H,17,18);1-2H. The maximum absolute atomic E-state index is 12.0. The Bertz CT molecular complexity index is 588. The van der Waals surface area contributed by atoms with Gasteiger partial charge in [-0.2, -0.15) is 0 Å². The summed E-state index contributed by atoms with van der Waals surface area (Å²) in [5.41, 5.74) is 3.63. The summed E-state index contributed by atoms with van der Waals surface area (Å²) < 4.78 is 0. The number of amides is 1. The normalized spacial score (nSPS) is 9.00. The number of hydrogen-bond acceptors (Lipinski definition) is 2. The molecule has 0 aromatic heterocycles. The van der Waals surface area contributed by atoms with Crippen LogP contribution in [0.2, 0.25) is 0 Å². The van der Waals surface area contributed by atoms with Crippen LogP contribution in [-0.2, 0) is 0 Å². The van der Waals surface area contributed by atoms with E-state index in [4.69, 9.17) is 0 Å². The fourth-order valence-corrected chi connectivity index (χ4v) is 1.81. The summed E-state index contributed by atoms with van der Waals surface area (Å²) in [4.78, 5) is 12.0. The van der Waals surface area contributed by atoms with Crippen molar-refractivity contribution in [3.63, 3.8) is 0 Å². The number of anilines is 2. The Morgan fingerprint density at radius 2 is 1.70 bits per heavy atom. The van der Waals surface area contributed by atoms with Crippen molar-refractivity contribution >= 4 is 17.3 Å². The van der Waals surface area contributed by atoms with E-state index in [0.29, 0.717) is 5.56 Å². The van der Waals surface area contributed by atoms with E-state index in [-0.39, 0.29) is 5.91 Å². The van der Waals surface area contributed by atoms with Crippen molar-refractivity contribution in [2.75, 3.05) is 17.7 Å². The highest BCUT2D eigenvalue weighted by atomic mass is 16.1. The average molecular weight is 266 g/mol. The van der Waals surface area contributed by atoms with Crippen LogP contribution in [0.3, 0.4) is 0 Å². The lowest BCUT2D eigenvalue weighted by Crippen LogP contribution is -2.11. The van der Waals surface area contributed by atoms with E-state index in [1.807, 2.05) is 50.4 Å². The molecule has 102 valence electrons. The van der Waals surface area contributed by atoms with Gasteiger partial charge in [0, 0.05) is 24.0 Å². The van der Waals surface area contributed by atoms with Crippen LogP contribution in [0.5, 0.6) is 0 Å². The van der Waals surface area contributed by atoms with Gasteiger partial charge in [-0.25, -0.2) is 0 Å². The van der Waals surface area contributed by atoms with Gasteiger partial charge in [0.05, 0.1) is 0 Å². The molecule has 0 aliphatic heterocycles. The Balaban J connectivity index is 0.000000956. The highest BCUT2D eigenvalue weighted by Crippen LogP contribution is 2.19. The molecule has 0 spiro atoms. The minimum atomic E-state index is -0.0905. The molecule has 1 amide bonds. The molecule has 0 unspecified atom stereocenters. The van der Waals surface area contributed by atoms with E-state index < -0.39 is 0 Å². The molecular formula is C17H18N2O. The summed E-state index contributed by atoms with van der Waals surface area (Å²) in [5.74, 6) is -0.0905. The van der Waals surface area contributed by atoms with Crippen LogP contribution in [0.1, 0.15) is 15.9 Å². The summed E-state index contributed by atoms with van der Waals surface area (Å²) in [6.07, 6.45) is 8.00. The van der Waals surface area contributed by atoms with Gasteiger partial charge < -0.3 is 10.6 Å². The molecule has 0 saturated carbocycles. The number of terminal acetylenes is 1. The van der Waals surface area contributed by atoms with Gasteiger partial charge in [-0.3, -0.25) is 4.79 Å². The number of carbonyl (C=O) groups is 1. The maximum Gasteiger partial charge on any atom is 0.255 e. The lowest BCUT2D eigenvalue weighted by atomic mass is 10.1. The molecule has 2 aromatic carbocycles. The van der Waals surface area contributed by atoms with Crippen molar-refractivity contribution in [1.82, 2.24) is 0 Å². The molecule has 0 aliphatic carbocycles. The largest absolute Gasteiger partial charge is 0.388 e. The number of benzene rings is 2. The quantitative estimate of drug-likeness (QED) is 0.834. The van der Waals surface area contributed by atoms with E-state index >= 15 is 0 Å². The van der Waals surface area contributed by atoms with E-state index in [1.54, 1.807) is 12.1 Å². The molecular weight excluding hydrogens is 248 g/mol. The molecule has 2 N–H and O–H groups in total. The van der Waals surface area contributed by atoms with Gasteiger partial charge in [-0.1, -0.05) is 18.2 Å². The summed E-state index contributed by atoms with van der Waals surface area (Å²) in [7, 11) is 1.88. The number of aryl methyl sites for hydroxylation is 1. The Morgan fingerprint density at radius 3 is 2.25 bits per heavy atom. The first kappa shape index (κ1) is 15.3. The Hall–Kier alpha value is -2.73. The van der Waals surface area contributed by atoms with Crippen molar-refractivity contribution in [3.8, 4) is 12.8 Å². The van der Waals surface area contributed by atoms with Gasteiger partial charge in [0.1, 0.15) is 0 Å². The first-order valence-corrected chi connectivity index (χ1v) is 6.19. The molecule has 0 aliphatic rings. The van der Waals surface area contributed by atoms with Crippen molar-refractivity contribution in [2.45, 2.75) is 6.92 Å².